The molecule has 1 atom stereocenters. The summed E-state index contributed by atoms with van der Waals surface area (Å²) >= 11 is 0. The number of nitrogens with two attached hydrogens (primary N) is 1. The molecule has 5 nitrogen and oxygen atoms in total. The predicted molar refractivity (Wildman–Crippen MR) is 87.4 cm³/mol. The summed E-state index contributed by atoms with van der Waals surface area (Å²) in [4.78, 5) is 18.3. The summed E-state index contributed by atoms with van der Waals surface area (Å²) in [6, 6.07) is 3.67. The molecule has 0 aromatic carbocycles. The molecular formula is C16H28N4O. The smallest absolute Gasteiger partial charge is 0.272 e. The highest BCUT2D eigenvalue weighted by molar-refractivity contribution is 5.93. The predicted octanol–water partition coefficient (Wildman–Crippen LogP) is 2.35. The van der Waals surface area contributed by atoms with Gasteiger partial charge >= 0.3 is 0 Å². The van der Waals surface area contributed by atoms with Gasteiger partial charge in [-0.15, -0.1) is 0 Å². The topological polar surface area (TPSA) is 71.2 Å². The van der Waals surface area contributed by atoms with Crippen molar-refractivity contribution in [3.8, 4) is 0 Å². The Morgan fingerprint density at radius 2 is 2.05 bits per heavy atom. The number of carbonyl (C=O) groups is 1. The zero-order valence-electron chi connectivity index (χ0n) is 13.8. The number of anilines is 1. The van der Waals surface area contributed by atoms with E-state index in [4.69, 9.17) is 5.73 Å². The molecule has 1 unspecified atom stereocenters. The molecule has 3 N–H and O–H groups in total. The molecule has 0 saturated carbocycles. The molecule has 0 radical (unpaired) electrons. The molecular weight excluding hydrogens is 264 g/mol. The Kier molecular flexibility index (Phi) is 6.15. The van der Waals surface area contributed by atoms with Gasteiger partial charge in [-0.1, -0.05) is 13.8 Å². The van der Waals surface area contributed by atoms with E-state index in [0.717, 1.165) is 5.69 Å². The molecule has 1 amide bonds. The van der Waals surface area contributed by atoms with Crippen molar-refractivity contribution >= 4 is 11.6 Å². The molecule has 0 saturated heterocycles. The fourth-order valence-electron chi connectivity index (χ4n) is 2.06. The quantitative estimate of drug-likeness (QED) is 0.809. The first kappa shape index (κ1) is 17.4. The maximum absolute atomic E-state index is 12.3. The van der Waals surface area contributed by atoms with Gasteiger partial charge in [0.1, 0.15) is 5.69 Å². The summed E-state index contributed by atoms with van der Waals surface area (Å²) < 4.78 is 0. The molecule has 0 bridgehead atoms. The highest BCUT2D eigenvalue weighted by Crippen LogP contribution is 2.22. The van der Waals surface area contributed by atoms with Crippen LogP contribution in [0.5, 0.6) is 0 Å². The second kappa shape index (κ2) is 7.41. The minimum absolute atomic E-state index is 0.0392. The lowest BCUT2D eigenvalue weighted by molar-refractivity contribution is 0.0767. The van der Waals surface area contributed by atoms with Crippen molar-refractivity contribution in [1.29, 1.82) is 0 Å². The SMILES string of the molecule is CCN(CC)C(=O)c1cc(NC(C)(CN)C(C)C)ccn1. The maximum Gasteiger partial charge on any atom is 0.272 e. The Balaban J connectivity index is 2.98. The van der Waals surface area contributed by atoms with Gasteiger partial charge in [-0.2, -0.15) is 0 Å². The van der Waals surface area contributed by atoms with E-state index in [1.165, 1.54) is 0 Å². The highest BCUT2D eigenvalue weighted by atomic mass is 16.2. The fraction of sp³-hybridized carbons (Fsp3) is 0.625. The minimum atomic E-state index is -0.211. The molecule has 0 spiro atoms. The van der Waals surface area contributed by atoms with Crippen molar-refractivity contribution < 1.29 is 4.79 Å². The van der Waals surface area contributed by atoms with E-state index in [1.54, 1.807) is 17.2 Å². The number of aromatic nitrogens is 1. The Labute approximate surface area is 127 Å². The average molecular weight is 292 g/mol. The lowest BCUT2D eigenvalue weighted by Crippen LogP contribution is -2.47. The van der Waals surface area contributed by atoms with Gasteiger partial charge < -0.3 is 16.0 Å². The standard InChI is InChI=1S/C16H28N4O/c1-6-20(7-2)15(21)14-10-13(8-9-18-14)19-16(5,11-17)12(3)4/h8-10,12H,6-7,11,17H2,1-5H3,(H,18,19). The Morgan fingerprint density at radius 1 is 1.43 bits per heavy atom. The number of amides is 1. The maximum atomic E-state index is 12.3. The molecule has 0 fully saturated rings. The van der Waals surface area contributed by atoms with Crippen molar-refractivity contribution in [2.75, 3.05) is 25.0 Å². The number of nitrogens with zero attached hydrogens (tertiary/aromatic N) is 2. The molecule has 1 heterocycles. The van der Waals surface area contributed by atoms with Crippen molar-refractivity contribution in [3.05, 3.63) is 24.0 Å². The van der Waals surface area contributed by atoms with Gasteiger partial charge in [0.2, 0.25) is 0 Å². The van der Waals surface area contributed by atoms with Crippen LogP contribution in [0.15, 0.2) is 18.3 Å². The van der Waals surface area contributed by atoms with E-state index in [2.05, 4.69) is 31.1 Å². The van der Waals surface area contributed by atoms with E-state index in [-0.39, 0.29) is 11.4 Å². The Bertz CT molecular complexity index is 471. The normalized spacial score (nSPS) is 13.9. The second-order valence-corrected chi connectivity index (χ2v) is 5.81. The van der Waals surface area contributed by atoms with Crippen molar-refractivity contribution in [1.82, 2.24) is 9.88 Å². The summed E-state index contributed by atoms with van der Waals surface area (Å²) in [5, 5.41) is 3.44. The van der Waals surface area contributed by atoms with Crippen LogP contribution in [-0.2, 0) is 0 Å². The Hall–Kier alpha value is -1.62. The number of pyridine rings is 1. The van der Waals surface area contributed by atoms with Crippen LogP contribution in [0.4, 0.5) is 5.69 Å². The van der Waals surface area contributed by atoms with Gasteiger partial charge in [-0.25, -0.2) is 0 Å². The van der Waals surface area contributed by atoms with Crippen LogP contribution < -0.4 is 11.1 Å². The Morgan fingerprint density at radius 3 is 2.52 bits per heavy atom. The van der Waals surface area contributed by atoms with Gasteiger partial charge in [-0.05, 0) is 38.8 Å². The number of hydrogen-bond donors (Lipinski definition) is 2. The molecule has 5 heteroatoms. The number of rotatable bonds is 7. The fourth-order valence-corrected chi connectivity index (χ4v) is 2.06. The molecule has 1 rings (SSSR count). The number of hydrogen-bond acceptors (Lipinski definition) is 4. The average Bonchev–Trinajstić information content (AvgIpc) is 2.48. The third kappa shape index (κ3) is 4.17. The molecule has 0 aliphatic heterocycles. The summed E-state index contributed by atoms with van der Waals surface area (Å²) in [6.45, 7) is 12.2. The van der Waals surface area contributed by atoms with E-state index < -0.39 is 0 Å². The van der Waals surface area contributed by atoms with Crippen molar-refractivity contribution in [2.24, 2.45) is 11.7 Å². The van der Waals surface area contributed by atoms with E-state index in [1.807, 2.05) is 19.9 Å². The van der Waals surface area contributed by atoms with Crippen molar-refractivity contribution in [2.45, 2.75) is 40.2 Å². The van der Waals surface area contributed by atoms with Gasteiger partial charge in [0.15, 0.2) is 0 Å². The zero-order valence-corrected chi connectivity index (χ0v) is 13.8. The van der Waals surface area contributed by atoms with Crippen LogP contribution >= 0.6 is 0 Å². The van der Waals surface area contributed by atoms with Crippen LogP contribution in [0.1, 0.15) is 45.1 Å². The zero-order chi connectivity index (χ0) is 16.0. The first-order valence-electron chi connectivity index (χ1n) is 7.61. The first-order chi connectivity index (χ1) is 9.87. The second-order valence-electron chi connectivity index (χ2n) is 5.81. The van der Waals surface area contributed by atoms with Gasteiger partial charge in [0.25, 0.3) is 5.91 Å². The minimum Gasteiger partial charge on any atom is -0.378 e. The first-order valence-corrected chi connectivity index (χ1v) is 7.61. The van der Waals surface area contributed by atoms with Crippen LogP contribution in [0.25, 0.3) is 0 Å². The lowest BCUT2D eigenvalue weighted by Gasteiger charge is -2.34. The van der Waals surface area contributed by atoms with Crippen LogP contribution in [-0.4, -0.2) is 41.0 Å². The number of nitrogens with one attached hydrogen (secondary N) is 1. The summed E-state index contributed by atoms with van der Waals surface area (Å²) in [5.41, 5.74) is 7.02. The highest BCUT2D eigenvalue weighted by Gasteiger charge is 2.26. The van der Waals surface area contributed by atoms with Gasteiger partial charge in [0, 0.05) is 37.1 Å². The summed E-state index contributed by atoms with van der Waals surface area (Å²) in [7, 11) is 0. The van der Waals surface area contributed by atoms with E-state index in [9.17, 15) is 4.79 Å². The monoisotopic (exact) mass is 292 g/mol. The van der Waals surface area contributed by atoms with Gasteiger partial charge in [0.05, 0.1) is 0 Å². The molecule has 0 aliphatic carbocycles. The third-order valence-electron chi connectivity index (χ3n) is 4.16. The van der Waals surface area contributed by atoms with Crippen LogP contribution in [0.2, 0.25) is 0 Å². The number of carbonyl (C=O) groups excluding carboxylic acids is 1. The summed E-state index contributed by atoms with van der Waals surface area (Å²) in [6.07, 6.45) is 1.66. The molecule has 1 aromatic rings. The van der Waals surface area contributed by atoms with E-state index >= 15 is 0 Å². The molecule has 0 aliphatic rings. The van der Waals surface area contributed by atoms with Gasteiger partial charge in [-0.3, -0.25) is 9.78 Å². The largest absolute Gasteiger partial charge is 0.378 e. The van der Waals surface area contributed by atoms with E-state index in [0.29, 0.717) is 31.2 Å². The summed E-state index contributed by atoms with van der Waals surface area (Å²) in [5.74, 6) is 0.334. The molecule has 118 valence electrons. The molecule has 21 heavy (non-hydrogen) atoms. The third-order valence-corrected chi connectivity index (χ3v) is 4.16. The van der Waals surface area contributed by atoms with Crippen LogP contribution in [0.3, 0.4) is 0 Å². The van der Waals surface area contributed by atoms with Crippen LogP contribution in [0, 0.1) is 5.92 Å². The molecule has 1 aromatic heterocycles. The van der Waals surface area contributed by atoms with Crippen molar-refractivity contribution in [3.63, 3.8) is 0 Å². The lowest BCUT2D eigenvalue weighted by atomic mass is 9.88.